The first-order chi connectivity index (χ1) is 15.3. The van der Waals surface area contributed by atoms with Gasteiger partial charge in [-0.2, -0.15) is 41.4 Å². The van der Waals surface area contributed by atoms with Gasteiger partial charge in [-0.1, -0.05) is 12.1 Å². The molecular weight excluding hydrogens is 456 g/mol. The van der Waals surface area contributed by atoms with Gasteiger partial charge in [0.25, 0.3) is 0 Å². The van der Waals surface area contributed by atoms with Crippen LogP contribution in [0.2, 0.25) is 0 Å². The third-order valence-corrected chi connectivity index (χ3v) is 4.47. The molecule has 1 aromatic carbocycles. The maximum absolute atomic E-state index is 13.1. The summed E-state index contributed by atoms with van der Waals surface area (Å²) in [6.45, 7) is 1.90. The highest BCUT2D eigenvalue weighted by Crippen LogP contribution is 2.32. The Kier molecular flexibility index (Phi) is 7.97. The molecule has 8 nitrogen and oxygen atoms in total. The lowest BCUT2D eigenvalue weighted by atomic mass is 10.1. The van der Waals surface area contributed by atoms with Gasteiger partial charge in [-0.15, -0.1) is 0 Å². The number of alkyl halides is 6. The number of aromatic nitrogens is 5. The lowest BCUT2D eigenvalue weighted by Crippen LogP contribution is -2.20. The molecule has 0 radical (unpaired) electrons. The van der Waals surface area contributed by atoms with Crippen LogP contribution in [0.25, 0.3) is 11.4 Å². The van der Waals surface area contributed by atoms with E-state index in [0.29, 0.717) is 5.69 Å². The second-order valence-corrected chi connectivity index (χ2v) is 6.79. The van der Waals surface area contributed by atoms with Crippen LogP contribution in [0.4, 0.5) is 26.3 Å². The summed E-state index contributed by atoms with van der Waals surface area (Å²) in [5, 5.41) is 4.26. The zero-order valence-electron chi connectivity index (χ0n) is 17.8. The zero-order chi connectivity index (χ0) is 25.0. The summed E-state index contributed by atoms with van der Waals surface area (Å²) in [5.74, 6) is 7.81. The molecule has 0 saturated carbocycles. The predicted molar refractivity (Wildman–Crippen MR) is 106 cm³/mol. The van der Waals surface area contributed by atoms with Gasteiger partial charge < -0.3 is 4.74 Å². The van der Waals surface area contributed by atoms with E-state index in [1.807, 2.05) is 0 Å². The van der Waals surface area contributed by atoms with Gasteiger partial charge in [-0.05, 0) is 26.0 Å². The minimum atomic E-state index is -4.64. The van der Waals surface area contributed by atoms with Crippen LogP contribution in [0.15, 0.2) is 24.3 Å². The summed E-state index contributed by atoms with van der Waals surface area (Å²) in [5.41, 5.74) is 1.22. The van der Waals surface area contributed by atoms with Crippen LogP contribution in [-0.4, -0.2) is 37.5 Å². The Hall–Kier alpha value is -3.26. The summed E-state index contributed by atoms with van der Waals surface area (Å²) < 4.78 is 83.2. The number of hydrogen-bond donors (Lipinski definition) is 2. The van der Waals surface area contributed by atoms with Crippen molar-refractivity contribution in [1.29, 1.82) is 0 Å². The van der Waals surface area contributed by atoms with Crippen LogP contribution in [0.1, 0.15) is 28.3 Å². The normalized spacial score (nSPS) is 11.7. The second kappa shape index (κ2) is 10.1. The lowest BCUT2D eigenvalue weighted by Gasteiger charge is -2.12. The van der Waals surface area contributed by atoms with Gasteiger partial charge in [0.05, 0.1) is 11.3 Å². The summed E-state index contributed by atoms with van der Waals surface area (Å²) in [6.07, 6.45) is -9.16. The van der Waals surface area contributed by atoms with Gasteiger partial charge in [-0.3, -0.25) is 16.4 Å². The Morgan fingerprint density at radius 1 is 1.00 bits per heavy atom. The highest BCUT2D eigenvalue weighted by Gasteiger charge is 2.31. The van der Waals surface area contributed by atoms with Crippen molar-refractivity contribution in [2.75, 3.05) is 6.61 Å². The van der Waals surface area contributed by atoms with Gasteiger partial charge in [0.1, 0.15) is 5.82 Å². The molecule has 0 aliphatic heterocycles. The Balaban J connectivity index is 0.00000187. The van der Waals surface area contributed by atoms with E-state index in [9.17, 15) is 26.3 Å². The van der Waals surface area contributed by atoms with E-state index in [2.05, 4.69) is 36.5 Å². The number of nitrogens with two attached hydrogens (primary N) is 2. The van der Waals surface area contributed by atoms with E-state index >= 15 is 0 Å². The number of ether oxygens (including phenoxy) is 1. The predicted octanol–water partition coefficient (Wildman–Crippen LogP) is 3.26. The summed E-state index contributed by atoms with van der Waals surface area (Å²) in [4.78, 5) is 11.9. The molecule has 0 aliphatic rings. The summed E-state index contributed by atoms with van der Waals surface area (Å²) >= 11 is 0. The highest BCUT2D eigenvalue weighted by atomic mass is 19.4. The van der Waals surface area contributed by atoms with Crippen LogP contribution in [0.5, 0.6) is 6.01 Å². The molecule has 0 saturated heterocycles. The number of nitrogens with zero attached hydrogens (tertiary/aromatic N) is 5. The number of aryl methyl sites for hydroxylation is 2. The zero-order valence-corrected chi connectivity index (χ0v) is 17.8. The molecule has 0 aliphatic carbocycles. The molecule has 2 aromatic heterocycles. The van der Waals surface area contributed by atoms with Crippen LogP contribution in [0, 0.1) is 13.8 Å². The monoisotopic (exact) mass is 477 g/mol. The fraction of sp³-hybridized carbons (Fsp3) is 0.368. The largest absolute Gasteiger partial charge is 0.454 e. The molecule has 3 rings (SSSR count). The third-order valence-electron chi connectivity index (χ3n) is 4.47. The molecular formula is C19H21F6N7O. The first-order valence-corrected chi connectivity index (χ1v) is 9.28. The molecule has 0 atom stereocenters. The SMILES string of the molecule is Cc1nn(C)c(C)c1Cc1nc(OCC(F)(F)F)nc(-c2cccc(C(F)(F)F)c2)n1.NN. The van der Waals surface area contributed by atoms with Crippen LogP contribution in [-0.2, 0) is 19.6 Å². The molecule has 0 fully saturated rings. The van der Waals surface area contributed by atoms with E-state index in [4.69, 9.17) is 0 Å². The van der Waals surface area contributed by atoms with E-state index in [1.54, 1.807) is 25.6 Å². The smallest absolute Gasteiger partial charge is 0.422 e. The van der Waals surface area contributed by atoms with Gasteiger partial charge >= 0.3 is 18.4 Å². The van der Waals surface area contributed by atoms with Crippen molar-refractivity contribution in [3.05, 3.63) is 52.6 Å². The molecule has 33 heavy (non-hydrogen) atoms. The van der Waals surface area contributed by atoms with Crippen molar-refractivity contribution in [2.45, 2.75) is 32.6 Å². The van der Waals surface area contributed by atoms with Crippen molar-refractivity contribution >= 4 is 0 Å². The van der Waals surface area contributed by atoms with E-state index in [-0.39, 0.29) is 23.6 Å². The molecule has 0 spiro atoms. The molecule has 0 bridgehead atoms. The summed E-state index contributed by atoms with van der Waals surface area (Å²) in [7, 11) is 1.73. The minimum absolute atomic E-state index is 0.0324. The first kappa shape index (κ1) is 26.0. The molecule has 0 unspecified atom stereocenters. The fourth-order valence-electron chi connectivity index (χ4n) is 2.88. The van der Waals surface area contributed by atoms with E-state index in [0.717, 1.165) is 29.5 Å². The number of hydrazine groups is 1. The molecule has 4 N–H and O–H groups in total. The van der Waals surface area contributed by atoms with E-state index in [1.165, 1.54) is 6.07 Å². The number of rotatable bonds is 5. The van der Waals surface area contributed by atoms with Crippen LogP contribution < -0.4 is 16.4 Å². The van der Waals surface area contributed by atoms with Gasteiger partial charge in [0, 0.05) is 30.3 Å². The van der Waals surface area contributed by atoms with Crippen molar-refractivity contribution in [1.82, 2.24) is 24.7 Å². The standard InChI is InChI=1S/C19H17F6N5O.H4N2/c1-10-14(11(2)30(3)29-10)8-15-26-16(28-17(27-15)31-9-18(20,21)22)12-5-4-6-13(7-12)19(23,24)25;1-2/h4-7H,8-9H2,1-3H3;1-2H2. The Labute approximate surface area is 184 Å². The number of halogens is 6. The van der Waals surface area contributed by atoms with Crippen molar-refractivity contribution < 1.29 is 31.1 Å². The third kappa shape index (κ3) is 6.86. The van der Waals surface area contributed by atoms with Gasteiger partial charge in [0.2, 0.25) is 0 Å². The number of benzene rings is 1. The topological polar surface area (TPSA) is 118 Å². The van der Waals surface area contributed by atoms with Crippen molar-refractivity contribution in [2.24, 2.45) is 18.7 Å². The van der Waals surface area contributed by atoms with E-state index < -0.39 is 30.5 Å². The molecule has 180 valence electrons. The average molecular weight is 477 g/mol. The maximum Gasteiger partial charge on any atom is 0.422 e. The Morgan fingerprint density at radius 3 is 2.21 bits per heavy atom. The molecule has 14 heteroatoms. The molecule has 0 amide bonds. The quantitative estimate of drug-likeness (QED) is 0.329. The highest BCUT2D eigenvalue weighted by molar-refractivity contribution is 5.56. The fourth-order valence-corrected chi connectivity index (χ4v) is 2.88. The Morgan fingerprint density at radius 2 is 1.67 bits per heavy atom. The minimum Gasteiger partial charge on any atom is -0.454 e. The van der Waals surface area contributed by atoms with Crippen molar-refractivity contribution in [3.63, 3.8) is 0 Å². The van der Waals surface area contributed by atoms with Crippen LogP contribution >= 0.6 is 0 Å². The van der Waals surface area contributed by atoms with Crippen molar-refractivity contribution in [3.8, 4) is 17.4 Å². The second-order valence-electron chi connectivity index (χ2n) is 6.79. The van der Waals surface area contributed by atoms with Gasteiger partial charge in [0.15, 0.2) is 12.4 Å². The van der Waals surface area contributed by atoms with Crippen LogP contribution in [0.3, 0.4) is 0 Å². The molecule has 3 aromatic rings. The first-order valence-electron chi connectivity index (χ1n) is 9.28. The number of hydrogen-bond acceptors (Lipinski definition) is 7. The molecule has 2 heterocycles. The van der Waals surface area contributed by atoms with Gasteiger partial charge in [-0.25, -0.2) is 4.98 Å². The Bertz CT molecular complexity index is 1100. The lowest BCUT2D eigenvalue weighted by molar-refractivity contribution is -0.154. The maximum atomic E-state index is 13.1. The average Bonchev–Trinajstić information content (AvgIpc) is 2.98. The summed E-state index contributed by atoms with van der Waals surface area (Å²) in [6, 6.07) is 3.53.